The quantitative estimate of drug-likeness (QED) is 0.866. The summed E-state index contributed by atoms with van der Waals surface area (Å²) in [5.74, 6) is 0.638. The van der Waals surface area contributed by atoms with Gasteiger partial charge in [0, 0.05) is 12.1 Å². The molecule has 0 bridgehead atoms. The lowest BCUT2D eigenvalue weighted by Crippen LogP contribution is -1.98. The van der Waals surface area contributed by atoms with Gasteiger partial charge in [0.05, 0.1) is 5.02 Å². The molecule has 0 aliphatic carbocycles. The Morgan fingerprint density at radius 3 is 2.79 bits per heavy atom. The van der Waals surface area contributed by atoms with Crippen LogP contribution in [0.1, 0.15) is 5.56 Å². The molecular formula is C10H11Cl2NO. The third-order valence-electron chi connectivity index (χ3n) is 1.66. The molecule has 76 valence electrons. The van der Waals surface area contributed by atoms with Crippen molar-refractivity contribution < 1.29 is 4.74 Å². The fourth-order valence-corrected chi connectivity index (χ4v) is 1.29. The van der Waals surface area contributed by atoms with Crippen molar-refractivity contribution in [2.24, 2.45) is 5.73 Å². The maximum atomic E-state index is 5.95. The van der Waals surface area contributed by atoms with E-state index in [9.17, 15) is 0 Å². The second-order valence-electron chi connectivity index (χ2n) is 2.64. The van der Waals surface area contributed by atoms with Gasteiger partial charge in [-0.1, -0.05) is 29.3 Å². The van der Waals surface area contributed by atoms with Gasteiger partial charge in [0.15, 0.2) is 0 Å². The van der Waals surface area contributed by atoms with Crippen molar-refractivity contribution in [3.8, 4) is 5.75 Å². The minimum atomic E-state index is 0.408. The van der Waals surface area contributed by atoms with Gasteiger partial charge in [0.2, 0.25) is 0 Å². The predicted octanol–water partition coefficient (Wildman–Crippen LogP) is 2.93. The van der Waals surface area contributed by atoms with Gasteiger partial charge in [-0.05, 0) is 23.8 Å². The zero-order valence-electron chi connectivity index (χ0n) is 7.54. The Morgan fingerprint density at radius 1 is 1.43 bits per heavy atom. The van der Waals surface area contributed by atoms with Crippen LogP contribution >= 0.6 is 23.2 Å². The first kappa shape index (κ1) is 11.4. The fourth-order valence-electron chi connectivity index (χ4n) is 0.963. The average molecular weight is 232 g/mol. The molecule has 1 rings (SSSR count). The normalized spacial score (nSPS) is 10.8. The van der Waals surface area contributed by atoms with Gasteiger partial charge in [-0.25, -0.2) is 0 Å². The van der Waals surface area contributed by atoms with Crippen LogP contribution in [-0.2, 0) is 6.54 Å². The predicted molar refractivity (Wildman–Crippen MR) is 59.8 cm³/mol. The van der Waals surface area contributed by atoms with Gasteiger partial charge in [-0.15, -0.1) is 0 Å². The van der Waals surface area contributed by atoms with Crippen molar-refractivity contribution in [1.29, 1.82) is 0 Å². The molecule has 0 amide bonds. The first-order chi connectivity index (χ1) is 6.77. The lowest BCUT2D eigenvalue weighted by molar-refractivity contribution is 0.363. The summed E-state index contributed by atoms with van der Waals surface area (Å²) in [6.45, 7) is 0.882. The van der Waals surface area contributed by atoms with Crippen LogP contribution in [-0.4, -0.2) is 6.61 Å². The smallest absolute Gasteiger partial charge is 0.138 e. The van der Waals surface area contributed by atoms with E-state index in [0.29, 0.717) is 23.9 Å². The molecule has 1 aromatic carbocycles. The highest BCUT2D eigenvalue weighted by atomic mass is 35.5. The fraction of sp³-hybridized carbons (Fsp3) is 0.200. The van der Waals surface area contributed by atoms with Crippen LogP contribution in [0.5, 0.6) is 5.75 Å². The monoisotopic (exact) mass is 231 g/mol. The van der Waals surface area contributed by atoms with Gasteiger partial charge in [-0.2, -0.15) is 0 Å². The highest BCUT2D eigenvalue weighted by Crippen LogP contribution is 2.25. The van der Waals surface area contributed by atoms with Crippen molar-refractivity contribution in [3.63, 3.8) is 0 Å². The molecule has 0 unspecified atom stereocenters. The molecule has 2 N–H and O–H groups in total. The topological polar surface area (TPSA) is 35.2 Å². The largest absolute Gasteiger partial charge is 0.488 e. The average Bonchev–Trinajstić information content (AvgIpc) is 2.20. The lowest BCUT2D eigenvalue weighted by atomic mass is 10.2. The zero-order valence-corrected chi connectivity index (χ0v) is 9.05. The Bertz CT molecular complexity index is 326. The molecule has 4 heteroatoms. The number of benzene rings is 1. The van der Waals surface area contributed by atoms with E-state index >= 15 is 0 Å². The molecule has 0 saturated heterocycles. The zero-order chi connectivity index (χ0) is 10.4. The van der Waals surface area contributed by atoms with Gasteiger partial charge >= 0.3 is 0 Å². The highest BCUT2D eigenvalue weighted by Gasteiger charge is 2.00. The van der Waals surface area contributed by atoms with Crippen LogP contribution < -0.4 is 10.5 Å². The summed E-state index contributed by atoms with van der Waals surface area (Å²) in [6, 6.07) is 5.47. The lowest BCUT2D eigenvalue weighted by Gasteiger charge is -2.06. The van der Waals surface area contributed by atoms with E-state index in [1.54, 1.807) is 18.2 Å². The summed E-state index contributed by atoms with van der Waals surface area (Å²) in [7, 11) is 0. The van der Waals surface area contributed by atoms with E-state index in [1.807, 2.05) is 6.07 Å². The molecule has 2 nitrogen and oxygen atoms in total. The molecule has 14 heavy (non-hydrogen) atoms. The first-order valence-electron chi connectivity index (χ1n) is 4.14. The Morgan fingerprint density at radius 2 is 2.21 bits per heavy atom. The molecule has 0 aliphatic rings. The Labute approximate surface area is 93.3 Å². The van der Waals surface area contributed by atoms with Crippen molar-refractivity contribution in [3.05, 3.63) is 40.4 Å². The summed E-state index contributed by atoms with van der Waals surface area (Å²) < 4.78 is 5.33. The molecule has 0 aliphatic heterocycles. The van der Waals surface area contributed by atoms with Crippen LogP contribution in [0.3, 0.4) is 0 Å². The maximum absolute atomic E-state index is 5.95. The Hall–Kier alpha value is -0.700. The van der Waals surface area contributed by atoms with Crippen molar-refractivity contribution in [2.45, 2.75) is 6.54 Å². The number of hydrogen-bond acceptors (Lipinski definition) is 2. The van der Waals surface area contributed by atoms with Gasteiger partial charge in [0.25, 0.3) is 0 Å². The minimum Gasteiger partial charge on any atom is -0.488 e. The number of rotatable bonds is 4. The van der Waals surface area contributed by atoms with Crippen LogP contribution in [0.2, 0.25) is 5.02 Å². The van der Waals surface area contributed by atoms with Crippen molar-refractivity contribution in [2.75, 3.05) is 6.61 Å². The molecule has 0 heterocycles. The minimum absolute atomic E-state index is 0.408. The van der Waals surface area contributed by atoms with Crippen LogP contribution in [0.15, 0.2) is 29.8 Å². The van der Waals surface area contributed by atoms with Gasteiger partial charge in [0.1, 0.15) is 12.4 Å². The van der Waals surface area contributed by atoms with Crippen molar-refractivity contribution in [1.82, 2.24) is 0 Å². The Kier molecular flexibility index (Phi) is 4.80. The van der Waals surface area contributed by atoms with Crippen LogP contribution in [0.25, 0.3) is 0 Å². The van der Waals surface area contributed by atoms with E-state index in [4.69, 9.17) is 33.7 Å². The molecule has 1 aromatic rings. The van der Waals surface area contributed by atoms with Gasteiger partial charge in [-0.3, -0.25) is 0 Å². The van der Waals surface area contributed by atoms with E-state index in [-0.39, 0.29) is 0 Å². The molecule has 0 saturated carbocycles. The standard InChI is InChI=1S/C10H11Cl2NO/c11-4-1-5-14-10-3-2-8(7-13)6-9(10)12/h1-4,6H,5,7,13H2. The molecular weight excluding hydrogens is 221 g/mol. The molecule has 0 spiro atoms. The van der Waals surface area contributed by atoms with Gasteiger partial charge < -0.3 is 10.5 Å². The molecule has 0 fully saturated rings. The second-order valence-corrected chi connectivity index (χ2v) is 3.30. The van der Waals surface area contributed by atoms with Crippen LogP contribution in [0, 0.1) is 0 Å². The number of nitrogens with two attached hydrogens (primary N) is 1. The molecule has 0 aromatic heterocycles. The van der Waals surface area contributed by atoms with E-state index in [2.05, 4.69) is 0 Å². The van der Waals surface area contributed by atoms with Crippen molar-refractivity contribution >= 4 is 23.2 Å². The summed E-state index contributed by atoms with van der Waals surface area (Å²) >= 11 is 11.3. The summed E-state index contributed by atoms with van der Waals surface area (Å²) in [4.78, 5) is 0. The van der Waals surface area contributed by atoms with E-state index < -0.39 is 0 Å². The van der Waals surface area contributed by atoms with E-state index in [0.717, 1.165) is 5.56 Å². The summed E-state index contributed by atoms with van der Waals surface area (Å²) in [6.07, 6.45) is 1.69. The van der Waals surface area contributed by atoms with Crippen LogP contribution in [0.4, 0.5) is 0 Å². The Balaban J connectivity index is 2.68. The number of hydrogen-bond donors (Lipinski definition) is 1. The molecule has 0 radical (unpaired) electrons. The third-order valence-corrected chi connectivity index (χ3v) is 2.13. The van der Waals surface area contributed by atoms with E-state index in [1.165, 1.54) is 5.54 Å². The maximum Gasteiger partial charge on any atom is 0.138 e. The highest BCUT2D eigenvalue weighted by molar-refractivity contribution is 6.32. The number of ether oxygens (including phenoxy) is 1. The third kappa shape index (κ3) is 3.22. The molecule has 0 atom stereocenters. The number of halogens is 2. The second kappa shape index (κ2) is 5.91. The summed E-state index contributed by atoms with van der Waals surface area (Å²) in [5.41, 5.74) is 7.85. The SMILES string of the molecule is NCc1ccc(OCC=CCl)c(Cl)c1. The summed E-state index contributed by atoms with van der Waals surface area (Å²) in [5, 5.41) is 0.566. The first-order valence-corrected chi connectivity index (χ1v) is 4.96.